The van der Waals surface area contributed by atoms with Gasteiger partial charge in [-0.15, -0.1) is 6.58 Å². The number of carbonyl (C=O) groups is 2. The van der Waals surface area contributed by atoms with E-state index in [2.05, 4.69) is 11.9 Å². The molecule has 1 aliphatic carbocycles. The van der Waals surface area contributed by atoms with Crippen molar-refractivity contribution in [1.29, 1.82) is 0 Å². The predicted molar refractivity (Wildman–Crippen MR) is 102 cm³/mol. The molecule has 1 aliphatic rings. The third kappa shape index (κ3) is 4.33. The van der Waals surface area contributed by atoms with Crippen LogP contribution in [-0.2, 0) is 16.0 Å². The average molecular weight is 358 g/mol. The van der Waals surface area contributed by atoms with Crippen molar-refractivity contribution in [1.82, 2.24) is 5.32 Å². The first-order chi connectivity index (χ1) is 12.4. The highest BCUT2D eigenvalue weighted by molar-refractivity contribution is 5.92. The minimum Gasteiger partial charge on any atom is -0.392 e. The molecule has 0 bridgehead atoms. The van der Waals surface area contributed by atoms with Crippen LogP contribution >= 0.6 is 0 Å². The molecule has 5 heteroatoms. The van der Waals surface area contributed by atoms with E-state index in [4.69, 9.17) is 5.73 Å². The molecule has 142 valence electrons. The van der Waals surface area contributed by atoms with Crippen molar-refractivity contribution in [3.8, 4) is 0 Å². The predicted octanol–water partition coefficient (Wildman–Crippen LogP) is 2.33. The number of carbonyl (C=O) groups excluding carboxylic acids is 2. The quantitative estimate of drug-likeness (QED) is 0.623. The van der Waals surface area contributed by atoms with Gasteiger partial charge in [0, 0.05) is 6.04 Å². The normalized spacial score (nSPS) is 19.8. The van der Waals surface area contributed by atoms with Gasteiger partial charge in [-0.05, 0) is 31.7 Å². The van der Waals surface area contributed by atoms with Crippen LogP contribution in [0.15, 0.2) is 43.0 Å². The van der Waals surface area contributed by atoms with Crippen LogP contribution in [0, 0.1) is 11.3 Å². The Bertz CT molecular complexity index is 623. The van der Waals surface area contributed by atoms with E-state index in [0.29, 0.717) is 6.42 Å². The SMILES string of the molecule is C=CC(C(N)=O)([C@H](Cc1ccccc1)C(=O)NC1CCCCC1)[C@@H](C)O. The third-order valence-corrected chi connectivity index (χ3v) is 5.58. The Hall–Kier alpha value is -2.14. The highest BCUT2D eigenvalue weighted by Crippen LogP contribution is 2.36. The molecule has 0 aliphatic heterocycles. The molecule has 26 heavy (non-hydrogen) atoms. The number of primary amides is 1. The van der Waals surface area contributed by atoms with Crippen molar-refractivity contribution in [3.63, 3.8) is 0 Å². The molecule has 0 heterocycles. The standard InChI is InChI=1S/C21H30N2O3/c1-3-21(15(2)24,20(22)26)18(14-16-10-6-4-7-11-16)19(25)23-17-12-8-5-9-13-17/h3-4,6-7,10-11,15,17-18,24H,1,5,8-9,12-14H2,2H3,(H2,22,26)(H,23,25)/t15-,18-,21?/m1/s1. The number of amides is 2. The number of aliphatic hydroxyl groups is 1. The average Bonchev–Trinajstić information content (AvgIpc) is 2.63. The lowest BCUT2D eigenvalue weighted by Gasteiger charge is -2.38. The molecule has 0 spiro atoms. The first kappa shape index (κ1) is 20.2. The van der Waals surface area contributed by atoms with E-state index in [1.54, 1.807) is 0 Å². The van der Waals surface area contributed by atoms with Crippen molar-refractivity contribution < 1.29 is 14.7 Å². The molecule has 4 N–H and O–H groups in total. The summed E-state index contributed by atoms with van der Waals surface area (Å²) in [5, 5.41) is 13.5. The highest BCUT2D eigenvalue weighted by Gasteiger charge is 2.49. The highest BCUT2D eigenvalue weighted by atomic mass is 16.3. The lowest BCUT2D eigenvalue weighted by Crippen LogP contribution is -2.56. The molecule has 0 radical (unpaired) electrons. The summed E-state index contributed by atoms with van der Waals surface area (Å²) in [6.45, 7) is 5.21. The van der Waals surface area contributed by atoms with Crippen molar-refractivity contribution in [2.24, 2.45) is 17.1 Å². The van der Waals surface area contributed by atoms with Crippen molar-refractivity contribution >= 4 is 11.8 Å². The Morgan fingerprint density at radius 3 is 2.42 bits per heavy atom. The van der Waals surface area contributed by atoms with E-state index < -0.39 is 23.3 Å². The Labute approximate surface area is 155 Å². The second kappa shape index (κ2) is 8.99. The minimum absolute atomic E-state index is 0.110. The Morgan fingerprint density at radius 1 is 1.31 bits per heavy atom. The number of rotatable bonds is 8. The second-order valence-electron chi connectivity index (χ2n) is 7.26. The molecule has 3 atom stereocenters. The van der Waals surface area contributed by atoms with E-state index in [1.807, 2.05) is 30.3 Å². The fraction of sp³-hybridized carbons (Fsp3) is 0.524. The summed E-state index contributed by atoms with van der Waals surface area (Å²) in [4.78, 5) is 25.5. The van der Waals surface area contributed by atoms with E-state index in [9.17, 15) is 14.7 Å². The maximum absolute atomic E-state index is 13.2. The van der Waals surface area contributed by atoms with Gasteiger partial charge < -0.3 is 16.2 Å². The number of aliphatic hydroxyl groups excluding tert-OH is 1. The van der Waals surface area contributed by atoms with E-state index in [0.717, 1.165) is 31.2 Å². The Kier molecular flexibility index (Phi) is 6.98. The van der Waals surface area contributed by atoms with E-state index in [-0.39, 0.29) is 11.9 Å². The van der Waals surface area contributed by atoms with Gasteiger partial charge in [0.2, 0.25) is 11.8 Å². The lowest BCUT2D eigenvalue weighted by atomic mass is 9.68. The maximum atomic E-state index is 13.2. The van der Waals surface area contributed by atoms with Gasteiger partial charge in [-0.2, -0.15) is 0 Å². The van der Waals surface area contributed by atoms with Crippen LogP contribution in [0.5, 0.6) is 0 Å². The van der Waals surface area contributed by atoms with Gasteiger partial charge in [0.25, 0.3) is 0 Å². The van der Waals surface area contributed by atoms with Crippen LogP contribution in [0.4, 0.5) is 0 Å². The van der Waals surface area contributed by atoms with Crippen LogP contribution in [0.3, 0.4) is 0 Å². The molecular weight excluding hydrogens is 328 g/mol. The van der Waals surface area contributed by atoms with Crippen LogP contribution in [0.25, 0.3) is 0 Å². The summed E-state index contributed by atoms with van der Waals surface area (Å²) in [5.74, 6) is -1.80. The molecule has 1 saturated carbocycles. The van der Waals surface area contributed by atoms with Crippen molar-refractivity contribution in [3.05, 3.63) is 48.6 Å². The van der Waals surface area contributed by atoms with Crippen LogP contribution < -0.4 is 11.1 Å². The topological polar surface area (TPSA) is 92.4 Å². The molecule has 1 unspecified atom stereocenters. The summed E-state index contributed by atoms with van der Waals surface area (Å²) in [6, 6.07) is 9.57. The summed E-state index contributed by atoms with van der Waals surface area (Å²) >= 11 is 0. The molecule has 2 rings (SSSR count). The lowest BCUT2D eigenvalue weighted by molar-refractivity contribution is -0.144. The third-order valence-electron chi connectivity index (χ3n) is 5.58. The molecule has 2 amide bonds. The first-order valence-electron chi connectivity index (χ1n) is 9.37. The molecule has 1 aromatic carbocycles. The van der Waals surface area contributed by atoms with E-state index >= 15 is 0 Å². The molecule has 0 aromatic heterocycles. The smallest absolute Gasteiger partial charge is 0.230 e. The second-order valence-corrected chi connectivity index (χ2v) is 7.26. The van der Waals surface area contributed by atoms with Crippen molar-refractivity contribution in [2.75, 3.05) is 0 Å². The molecule has 1 fully saturated rings. The fourth-order valence-electron chi connectivity index (χ4n) is 3.96. The van der Waals surface area contributed by atoms with Gasteiger partial charge in [0.1, 0.15) is 5.41 Å². The Morgan fingerprint density at radius 2 is 1.92 bits per heavy atom. The van der Waals surface area contributed by atoms with Crippen LogP contribution in [0.2, 0.25) is 0 Å². The zero-order valence-electron chi connectivity index (χ0n) is 15.5. The monoisotopic (exact) mass is 358 g/mol. The van der Waals surface area contributed by atoms with Crippen LogP contribution in [-0.4, -0.2) is 29.1 Å². The number of nitrogens with one attached hydrogen (secondary N) is 1. The summed E-state index contributed by atoms with van der Waals surface area (Å²) in [7, 11) is 0. The maximum Gasteiger partial charge on any atom is 0.230 e. The summed E-state index contributed by atoms with van der Waals surface area (Å²) in [6.07, 6.45) is 5.77. The first-order valence-corrected chi connectivity index (χ1v) is 9.37. The summed E-state index contributed by atoms with van der Waals surface area (Å²) in [5.41, 5.74) is 5.05. The van der Waals surface area contributed by atoms with Gasteiger partial charge >= 0.3 is 0 Å². The number of nitrogens with two attached hydrogens (primary N) is 1. The van der Waals surface area contributed by atoms with Gasteiger partial charge in [0.15, 0.2) is 0 Å². The number of benzene rings is 1. The number of hydrogen-bond donors (Lipinski definition) is 3. The largest absolute Gasteiger partial charge is 0.392 e. The van der Waals surface area contributed by atoms with Gasteiger partial charge in [-0.3, -0.25) is 9.59 Å². The minimum atomic E-state index is -1.52. The molecule has 0 saturated heterocycles. The molecule has 5 nitrogen and oxygen atoms in total. The number of hydrogen-bond acceptors (Lipinski definition) is 3. The molecular formula is C21H30N2O3. The summed E-state index contributed by atoms with van der Waals surface area (Å²) < 4.78 is 0. The zero-order chi connectivity index (χ0) is 19.2. The fourth-order valence-corrected chi connectivity index (χ4v) is 3.96. The van der Waals surface area contributed by atoms with Gasteiger partial charge in [-0.25, -0.2) is 0 Å². The van der Waals surface area contributed by atoms with Gasteiger partial charge in [0.05, 0.1) is 12.0 Å². The van der Waals surface area contributed by atoms with Gasteiger partial charge in [-0.1, -0.05) is 55.7 Å². The zero-order valence-corrected chi connectivity index (χ0v) is 15.5. The Balaban J connectivity index is 2.34. The molecule has 1 aromatic rings. The van der Waals surface area contributed by atoms with E-state index in [1.165, 1.54) is 19.4 Å². The van der Waals surface area contributed by atoms with Crippen molar-refractivity contribution in [2.45, 2.75) is 57.6 Å². The van der Waals surface area contributed by atoms with Crippen LogP contribution in [0.1, 0.15) is 44.6 Å².